The molecule has 1 heterocycles. The van der Waals surface area contributed by atoms with Gasteiger partial charge in [-0.15, -0.1) is 0 Å². The zero-order valence-electron chi connectivity index (χ0n) is 15.5. The number of fused-ring (bicyclic) bond motifs is 2. The minimum absolute atomic E-state index is 0.157. The van der Waals surface area contributed by atoms with Crippen molar-refractivity contribution in [1.29, 1.82) is 0 Å². The van der Waals surface area contributed by atoms with Crippen LogP contribution in [0.3, 0.4) is 0 Å². The highest BCUT2D eigenvalue weighted by atomic mass is 32.2. The van der Waals surface area contributed by atoms with Gasteiger partial charge in [-0.1, -0.05) is 55.1 Å². The Morgan fingerprint density at radius 1 is 0.964 bits per heavy atom. The van der Waals surface area contributed by atoms with Crippen molar-refractivity contribution in [1.82, 2.24) is 5.32 Å². The summed E-state index contributed by atoms with van der Waals surface area (Å²) < 4.78 is 0. The number of benzene rings is 3. The van der Waals surface area contributed by atoms with Gasteiger partial charge in [0, 0.05) is 21.9 Å². The van der Waals surface area contributed by atoms with Gasteiger partial charge >= 0.3 is 0 Å². The van der Waals surface area contributed by atoms with E-state index in [0.717, 1.165) is 21.8 Å². The van der Waals surface area contributed by atoms with Gasteiger partial charge in [0.05, 0.1) is 11.3 Å². The SMILES string of the molecule is CCc1ccc(CNC(=O)c2ccc3c(c2)NC(=O)c2ccccc2S3)cc1. The predicted molar refractivity (Wildman–Crippen MR) is 112 cm³/mol. The lowest BCUT2D eigenvalue weighted by Gasteiger charge is -2.10. The van der Waals surface area contributed by atoms with Crippen LogP contribution >= 0.6 is 11.8 Å². The number of amides is 2. The number of hydrogen-bond acceptors (Lipinski definition) is 3. The molecule has 4 nitrogen and oxygen atoms in total. The molecule has 0 saturated carbocycles. The fourth-order valence-electron chi connectivity index (χ4n) is 3.09. The van der Waals surface area contributed by atoms with Gasteiger partial charge in [0.25, 0.3) is 11.8 Å². The van der Waals surface area contributed by atoms with Gasteiger partial charge in [0.15, 0.2) is 0 Å². The first-order chi connectivity index (χ1) is 13.6. The van der Waals surface area contributed by atoms with E-state index in [-0.39, 0.29) is 11.8 Å². The predicted octanol–water partition coefficient (Wildman–Crippen LogP) is 4.90. The molecule has 3 aromatic carbocycles. The molecule has 0 atom stereocenters. The van der Waals surface area contributed by atoms with Crippen LogP contribution in [-0.2, 0) is 13.0 Å². The maximum absolute atomic E-state index is 12.6. The van der Waals surface area contributed by atoms with Crippen LogP contribution in [0.25, 0.3) is 0 Å². The summed E-state index contributed by atoms with van der Waals surface area (Å²) in [5.41, 5.74) is 4.15. The topological polar surface area (TPSA) is 58.2 Å². The van der Waals surface area contributed by atoms with Gasteiger partial charge in [0.2, 0.25) is 0 Å². The normalized spacial score (nSPS) is 12.4. The van der Waals surface area contributed by atoms with Crippen molar-refractivity contribution < 1.29 is 9.59 Å². The largest absolute Gasteiger partial charge is 0.348 e. The minimum Gasteiger partial charge on any atom is -0.348 e. The molecule has 0 aliphatic carbocycles. The summed E-state index contributed by atoms with van der Waals surface area (Å²) in [4.78, 5) is 26.9. The summed E-state index contributed by atoms with van der Waals surface area (Å²) in [7, 11) is 0. The number of nitrogens with one attached hydrogen (secondary N) is 2. The molecule has 28 heavy (non-hydrogen) atoms. The molecular weight excluding hydrogens is 368 g/mol. The van der Waals surface area contributed by atoms with Crippen LogP contribution in [0.1, 0.15) is 38.8 Å². The second kappa shape index (κ2) is 7.90. The van der Waals surface area contributed by atoms with Crippen LogP contribution in [0.4, 0.5) is 5.69 Å². The lowest BCUT2D eigenvalue weighted by atomic mass is 10.1. The monoisotopic (exact) mass is 388 g/mol. The van der Waals surface area contributed by atoms with E-state index in [0.29, 0.717) is 23.4 Å². The Balaban J connectivity index is 1.50. The lowest BCUT2D eigenvalue weighted by molar-refractivity contribution is 0.0949. The number of hydrogen-bond donors (Lipinski definition) is 2. The molecule has 0 fully saturated rings. The standard InChI is InChI=1S/C23H20N2O2S/c1-2-15-7-9-16(10-8-15)14-24-22(26)17-11-12-21-19(13-17)25-23(27)18-5-3-4-6-20(18)28-21/h3-13H,2,14H2,1H3,(H,24,26)(H,25,27). The highest BCUT2D eigenvalue weighted by molar-refractivity contribution is 7.99. The average molecular weight is 388 g/mol. The highest BCUT2D eigenvalue weighted by Crippen LogP contribution is 2.38. The fraction of sp³-hybridized carbons (Fsp3) is 0.130. The van der Waals surface area contributed by atoms with Gasteiger partial charge in [0.1, 0.15) is 0 Å². The zero-order chi connectivity index (χ0) is 19.5. The van der Waals surface area contributed by atoms with E-state index in [4.69, 9.17) is 0 Å². The van der Waals surface area contributed by atoms with Gasteiger partial charge < -0.3 is 10.6 Å². The molecule has 5 heteroatoms. The van der Waals surface area contributed by atoms with Crippen molar-refractivity contribution in [2.75, 3.05) is 5.32 Å². The molecule has 2 N–H and O–H groups in total. The van der Waals surface area contributed by atoms with E-state index in [9.17, 15) is 9.59 Å². The van der Waals surface area contributed by atoms with Crippen LogP contribution in [-0.4, -0.2) is 11.8 Å². The summed E-state index contributed by atoms with van der Waals surface area (Å²) in [6, 6.07) is 21.1. The molecule has 0 aromatic heterocycles. The molecule has 0 radical (unpaired) electrons. The summed E-state index contributed by atoms with van der Waals surface area (Å²) in [6.45, 7) is 2.58. The second-order valence-electron chi connectivity index (χ2n) is 6.62. The number of carbonyl (C=O) groups excluding carboxylic acids is 2. The smallest absolute Gasteiger partial charge is 0.256 e. The quantitative estimate of drug-likeness (QED) is 0.669. The minimum atomic E-state index is -0.164. The van der Waals surface area contributed by atoms with E-state index in [1.165, 1.54) is 17.3 Å². The third kappa shape index (κ3) is 3.80. The first-order valence-corrected chi connectivity index (χ1v) is 10.0. The summed E-state index contributed by atoms with van der Waals surface area (Å²) in [5.74, 6) is -0.321. The first kappa shape index (κ1) is 18.3. The van der Waals surface area contributed by atoms with Crippen molar-refractivity contribution in [3.63, 3.8) is 0 Å². The van der Waals surface area contributed by atoms with Crippen LogP contribution in [0.5, 0.6) is 0 Å². The van der Waals surface area contributed by atoms with Gasteiger partial charge in [-0.3, -0.25) is 9.59 Å². The molecule has 0 saturated heterocycles. The fourth-order valence-corrected chi connectivity index (χ4v) is 4.10. The Morgan fingerprint density at radius 2 is 1.71 bits per heavy atom. The van der Waals surface area contributed by atoms with Gasteiger partial charge in [-0.05, 0) is 47.9 Å². The second-order valence-corrected chi connectivity index (χ2v) is 7.70. The molecule has 2 amide bonds. The third-order valence-corrected chi connectivity index (χ3v) is 5.88. The summed E-state index contributed by atoms with van der Waals surface area (Å²) >= 11 is 1.53. The molecule has 3 aromatic rings. The zero-order valence-corrected chi connectivity index (χ0v) is 16.3. The van der Waals surface area contributed by atoms with E-state index < -0.39 is 0 Å². The molecule has 1 aliphatic rings. The van der Waals surface area contributed by atoms with Crippen molar-refractivity contribution in [3.8, 4) is 0 Å². The Kier molecular flexibility index (Phi) is 5.17. The molecule has 0 spiro atoms. The maximum atomic E-state index is 12.6. The maximum Gasteiger partial charge on any atom is 0.256 e. The molecule has 0 bridgehead atoms. The van der Waals surface area contributed by atoms with Crippen molar-refractivity contribution >= 4 is 29.3 Å². The Hall–Kier alpha value is -3.05. The Labute approximate surface area is 168 Å². The van der Waals surface area contributed by atoms with E-state index in [1.54, 1.807) is 18.2 Å². The number of aryl methyl sites for hydroxylation is 1. The number of anilines is 1. The average Bonchev–Trinajstić information content (AvgIpc) is 2.87. The van der Waals surface area contributed by atoms with Crippen LogP contribution in [0, 0.1) is 0 Å². The molecule has 4 rings (SSSR count). The molecule has 1 aliphatic heterocycles. The van der Waals surface area contributed by atoms with E-state index >= 15 is 0 Å². The van der Waals surface area contributed by atoms with Gasteiger partial charge in [-0.2, -0.15) is 0 Å². The number of rotatable bonds is 4. The van der Waals surface area contributed by atoms with Crippen LogP contribution in [0.15, 0.2) is 76.5 Å². The van der Waals surface area contributed by atoms with Gasteiger partial charge in [-0.25, -0.2) is 0 Å². The molecular formula is C23H20N2O2S. The summed E-state index contributed by atoms with van der Waals surface area (Å²) in [6.07, 6.45) is 0.995. The third-order valence-electron chi connectivity index (χ3n) is 4.73. The van der Waals surface area contributed by atoms with Crippen LogP contribution < -0.4 is 10.6 Å². The summed E-state index contributed by atoms with van der Waals surface area (Å²) in [5, 5.41) is 5.87. The van der Waals surface area contributed by atoms with Crippen LogP contribution in [0.2, 0.25) is 0 Å². The van der Waals surface area contributed by atoms with E-state index in [1.807, 2.05) is 36.4 Å². The highest BCUT2D eigenvalue weighted by Gasteiger charge is 2.20. The van der Waals surface area contributed by atoms with Crippen molar-refractivity contribution in [2.45, 2.75) is 29.7 Å². The molecule has 0 unspecified atom stereocenters. The van der Waals surface area contributed by atoms with Crippen molar-refractivity contribution in [2.24, 2.45) is 0 Å². The Morgan fingerprint density at radius 3 is 2.50 bits per heavy atom. The number of carbonyl (C=O) groups is 2. The first-order valence-electron chi connectivity index (χ1n) is 9.22. The lowest BCUT2D eigenvalue weighted by Crippen LogP contribution is -2.23. The van der Waals surface area contributed by atoms with Crippen molar-refractivity contribution in [3.05, 3.63) is 89.0 Å². The Bertz CT molecular complexity index is 1040. The molecule has 140 valence electrons. The van der Waals surface area contributed by atoms with E-state index in [2.05, 4.69) is 29.7 Å².